The zero-order chi connectivity index (χ0) is 30.8. The Morgan fingerprint density at radius 1 is 0.826 bits per heavy atom. The first kappa shape index (κ1) is 29.2. The quantitative estimate of drug-likeness (QED) is 0.278. The molecule has 1 saturated heterocycles. The summed E-state index contributed by atoms with van der Waals surface area (Å²) in [4.78, 5) is 2.77. The molecule has 0 aromatic carbocycles. The van der Waals surface area contributed by atoms with Gasteiger partial charge in [0.1, 0.15) is 0 Å². The molecule has 8 unspecified atom stereocenters. The van der Waals surface area contributed by atoms with Crippen molar-refractivity contribution < 1.29 is 0 Å². The Bertz CT molecular complexity index is 1590. The van der Waals surface area contributed by atoms with Crippen molar-refractivity contribution in [2.45, 2.75) is 103 Å². The third-order valence-electron chi connectivity index (χ3n) is 13.0. The van der Waals surface area contributed by atoms with Crippen LogP contribution in [0.4, 0.5) is 0 Å². The lowest BCUT2D eigenvalue weighted by atomic mass is 9.72. The van der Waals surface area contributed by atoms with Gasteiger partial charge in [0.25, 0.3) is 0 Å². The minimum atomic E-state index is 0.114. The fourth-order valence-corrected chi connectivity index (χ4v) is 10.7. The Balaban J connectivity index is 1.05. The minimum Gasteiger partial charge on any atom is -0.318 e. The van der Waals surface area contributed by atoms with E-state index < -0.39 is 0 Å². The van der Waals surface area contributed by atoms with Crippen LogP contribution in [0.15, 0.2) is 118 Å². The molecule has 3 N–H and O–H groups in total. The van der Waals surface area contributed by atoms with Gasteiger partial charge in [-0.25, -0.2) is 0 Å². The van der Waals surface area contributed by atoms with Crippen molar-refractivity contribution in [1.82, 2.24) is 20.9 Å². The van der Waals surface area contributed by atoms with Gasteiger partial charge in [0.2, 0.25) is 0 Å². The molecule has 1 saturated carbocycles. The highest BCUT2D eigenvalue weighted by Gasteiger charge is 2.54. The van der Waals surface area contributed by atoms with E-state index in [0.717, 1.165) is 43.9 Å². The molecule has 46 heavy (non-hydrogen) atoms. The third-order valence-corrected chi connectivity index (χ3v) is 13.0. The number of fused-ring (bicyclic) bond motifs is 5. The number of hydrogen-bond acceptors (Lipinski definition) is 4. The normalized spacial score (nSPS) is 39.1. The largest absolute Gasteiger partial charge is 0.318 e. The van der Waals surface area contributed by atoms with Crippen LogP contribution in [0.1, 0.15) is 84.5 Å². The second kappa shape index (κ2) is 11.6. The van der Waals surface area contributed by atoms with Gasteiger partial charge >= 0.3 is 0 Å². The molecule has 2 fully saturated rings. The van der Waals surface area contributed by atoms with Crippen molar-refractivity contribution in [3.05, 3.63) is 118 Å². The maximum atomic E-state index is 4.03. The zero-order valence-electron chi connectivity index (χ0n) is 27.8. The molecule has 2 heterocycles. The summed E-state index contributed by atoms with van der Waals surface area (Å²) in [6, 6.07) is 0. The average Bonchev–Trinajstić information content (AvgIpc) is 3.56. The predicted octanol–water partition coefficient (Wildman–Crippen LogP) is 8.58. The van der Waals surface area contributed by atoms with E-state index in [1.165, 1.54) is 55.4 Å². The molecular formula is C42H52N4. The third kappa shape index (κ3) is 4.81. The second-order valence-electron chi connectivity index (χ2n) is 15.8. The Morgan fingerprint density at radius 2 is 1.76 bits per heavy atom. The molecule has 240 valence electrons. The summed E-state index contributed by atoms with van der Waals surface area (Å²) in [6.45, 7) is 5.12. The first-order chi connectivity index (χ1) is 22.6. The maximum absolute atomic E-state index is 4.03. The van der Waals surface area contributed by atoms with Gasteiger partial charge in [-0.05, 0) is 123 Å². The van der Waals surface area contributed by atoms with Crippen LogP contribution in [0, 0.1) is 35.0 Å². The number of nitrogens with one attached hydrogen (secondary N) is 3. The van der Waals surface area contributed by atoms with Crippen molar-refractivity contribution in [2.75, 3.05) is 0 Å². The summed E-state index contributed by atoms with van der Waals surface area (Å²) in [6.07, 6.45) is 45.2. The topological polar surface area (TPSA) is 39.3 Å². The van der Waals surface area contributed by atoms with Crippen LogP contribution in [0.25, 0.3) is 0 Å². The van der Waals surface area contributed by atoms with Crippen LogP contribution in [0.5, 0.6) is 0 Å². The van der Waals surface area contributed by atoms with Crippen LogP contribution in [-0.2, 0) is 0 Å². The summed E-state index contributed by atoms with van der Waals surface area (Å²) in [5.41, 5.74) is 11.3. The van der Waals surface area contributed by atoms with E-state index in [9.17, 15) is 0 Å². The second-order valence-corrected chi connectivity index (χ2v) is 15.8. The zero-order valence-corrected chi connectivity index (χ0v) is 27.8. The summed E-state index contributed by atoms with van der Waals surface area (Å²) < 4.78 is 0. The first-order valence-electron chi connectivity index (χ1n) is 18.6. The molecule has 4 nitrogen and oxygen atoms in total. The van der Waals surface area contributed by atoms with Crippen molar-refractivity contribution in [3.8, 4) is 0 Å². The van der Waals surface area contributed by atoms with Crippen molar-refractivity contribution in [3.63, 3.8) is 0 Å². The van der Waals surface area contributed by atoms with Crippen LogP contribution in [-0.4, -0.2) is 23.4 Å². The lowest BCUT2D eigenvalue weighted by molar-refractivity contribution is 0.201. The minimum absolute atomic E-state index is 0.114. The fourth-order valence-electron chi connectivity index (χ4n) is 10.7. The van der Waals surface area contributed by atoms with Crippen LogP contribution < -0.4 is 16.0 Å². The van der Waals surface area contributed by atoms with Crippen molar-refractivity contribution >= 4 is 0 Å². The highest BCUT2D eigenvalue weighted by molar-refractivity contribution is 5.53. The van der Waals surface area contributed by atoms with Gasteiger partial charge in [-0.1, -0.05) is 86.3 Å². The monoisotopic (exact) mass is 612 g/mol. The van der Waals surface area contributed by atoms with E-state index in [1.54, 1.807) is 22.5 Å². The van der Waals surface area contributed by atoms with Gasteiger partial charge in [0.15, 0.2) is 0 Å². The number of hydrogen-bond donors (Lipinski definition) is 3. The van der Waals surface area contributed by atoms with Crippen molar-refractivity contribution in [1.29, 1.82) is 0 Å². The Labute approximate surface area is 276 Å². The van der Waals surface area contributed by atoms with Gasteiger partial charge in [-0.3, -0.25) is 16.0 Å². The molecule has 8 atom stereocenters. The molecule has 4 heteroatoms. The molecule has 9 rings (SSSR count). The first-order valence-corrected chi connectivity index (χ1v) is 18.6. The summed E-state index contributed by atoms with van der Waals surface area (Å²) in [5.74, 6) is 3.25. The van der Waals surface area contributed by atoms with Crippen LogP contribution in [0.3, 0.4) is 0 Å². The summed E-state index contributed by atoms with van der Waals surface area (Å²) >= 11 is 0. The van der Waals surface area contributed by atoms with Crippen LogP contribution >= 0.6 is 0 Å². The van der Waals surface area contributed by atoms with E-state index in [2.05, 4.69) is 114 Å². The summed E-state index contributed by atoms with van der Waals surface area (Å²) in [7, 11) is 0. The number of nitrogens with zero attached hydrogens (tertiary/aromatic N) is 1. The average molecular weight is 613 g/mol. The Morgan fingerprint density at radius 3 is 2.63 bits per heavy atom. The molecule has 0 amide bonds. The predicted molar refractivity (Wildman–Crippen MR) is 189 cm³/mol. The Kier molecular flexibility index (Phi) is 7.40. The standard InChI is InChI=1S/C42H52N4/c1-42(2)35-22-11-9-20-31(35)33-25-34-32-21-10-12-23-37(32)46(38(34)26-36(33)42)30-19-13-18-29(24-30)41-44-39(27-14-5-3-6-15-27)43-40(45-41)28-16-7-4-8-17-28/h3-7,9,14,16,18,20,23-24,26-27,31-33,35,39-41,43-45H,8,10-13,15,17,19,21-22,25H2,1-2H3. The molecule has 0 aromatic heterocycles. The van der Waals surface area contributed by atoms with Gasteiger partial charge in [-0.15, -0.1) is 0 Å². The molecule has 0 radical (unpaired) electrons. The van der Waals surface area contributed by atoms with E-state index in [1.807, 2.05) is 0 Å². The lowest BCUT2D eigenvalue weighted by Crippen LogP contribution is -2.69. The molecule has 0 bridgehead atoms. The number of allylic oxidation sites excluding steroid dienone is 14. The van der Waals surface area contributed by atoms with E-state index >= 15 is 0 Å². The highest BCUT2D eigenvalue weighted by atomic mass is 15.4. The highest BCUT2D eigenvalue weighted by Crippen LogP contribution is 2.63. The van der Waals surface area contributed by atoms with E-state index in [4.69, 9.17) is 0 Å². The lowest BCUT2D eigenvalue weighted by Gasteiger charge is -2.44. The van der Waals surface area contributed by atoms with E-state index in [0.29, 0.717) is 17.8 Å². The van der Waals surface area contributed by atoms with Crippen LogP contribution in [0.2, 0.25) is 0 Å². The maximum Gasteiger partial charge on any atom is 0.0859 e. The Hall–Kier alpha value is -2.92. The molecule has 9 aliphatic rings. The van der Waals surface area contributed by atoms with E-state index in [-0.39, 0.29) is 23.9 Å². The molecule has 7 aliphatic carbocycles. The molecule has 0 spiro atoms. The molecule has 2 aliphatic heterocycles. The SMILES string of the molecule is CC1(C)C2=CC3=C(CC2C2C=CCCC21)C1CCCC=C1N3C1=CC(C2NC(C3=CC=CCC3)NC(C3C=CC=CC3)N2)=CCC1. The number of rotatable bonds is 4. The molecular weight excluding hydrogens is 560 g/mol. The fraction of sp³-hybridized carbons (Fsp3) is 0.524. The van der Waals surface area contributed by atoms with Gasteiger partial charge in [0.05, 0.1) is 18.5 Å². The smallest absolute Gasteiger partial charge is 0.0859 e. The van der Waals surface area contributed by atoms with Gasteiger partial charge in [0, 0.05) is 28.9 Å². The van der Waals surface area contributed by atoms with Gasteiger partial charge < -0.3 is 4.90 Å². The van der Waals surface area contributed by atoms with Gasteiger partial charge in [-0.2, -0.15) is 0 Å². The van der Waals surface area contributed by atoms with Crippen molar-refractivity contribution in [2.24, 2.45) is 35.0 Å². The summed E-state index contributed by atoms with van der Waals surface area (Å²) in [5, 5.41) is 12.0. The molecule has 0 aromatic rings.